The highest BCUT2D eigenvalue weighted by Gasteiger charge is 2.17. The van der Waals surface area contributed by atoms with Crippen LogP contribution in [0, 0.1) is 5.92 Å². The molecule has 1 aromatic heterocycles. The number of aromatic nitrogens is 1. The molecule has 1 heterocycles. The molecule has 1 atom stereocenters. The summed E-state index contributed by atoms with van der Waals surface area (Å²) in [5.41, 5.74) is 7.91. The van der Waals surface area contributed by atoms with Crippen LogP contribution in [0.25, 0.3) is 10.9 Å². The van der Waals surface area contributed by atoms with Gasteiger partial charge in [-0.1, -0.05) is 25.8 Å². The van der Waals surface area contributed by atoms with E-state index in [1.807, 2.05) is 26.0 Å². The van der Waals surface area contributed by atoms with Gasteiger partial charge in [0.25, 0.3) is 5.56 Å². The predicted molar refractivity (Wildman–Crippen MR) is 103 cm³/mol. The maximum absolute atomic E-state index is 12.5. The van der Waals surface area contributed by atoms with Crippen molar-refractivity contribution in [3.8, 4) is 11.5 Å². The number of nitrogen functional groups attached to an aromatic ring is 1. The minimum absolute atomic E-state index is 0.238. The Balaban J connectivity index is 2.42. The number of ether oxygens (including phenoxy) is 2. The van der Waals surface area contributed by atoms with Crippen LogP contribution < -0.4 is 20.8 Å². The average molecular weight is 344 g/mol. The fourth-order valence-electron chi connectivity index (χ4n) is 2.64. The minimum atomic E-state index is -0.297. The molecule has 5 heteroatoms. The van der Waals surface area contributed by atoms with E-state index in [1.165, 1.54) is 0 Å². The van der Waals surface area contributed by atoms with Crippen molar-refractivity contribution in [1.82, 2.24) is 4.98 Å². The van der Waals surface area contributed by atoms with Crippen molar-refractivity contribution in [2.24, 2.45) is 5.92 Å². The van der Waals surface area contributed by atoms with Crippen LogP contribution in [0.5, 0.6) is 11.5 Å². The van der Waals surface area contributed by atoms with Gasteiger partial charge in [0.2, 0.25) is 5.75 Å². The van der Waals surface area contributed by atoms with Crippen LogP contribution in [-0.2, 0) is 0 Å². The molecule has 0 saturated heterocycles. The Bertz CT molecular complexity index is 804. The van der Waals surface area contributed by atoms with E-state index in [2.05, 4.69) is 18.8 Å². The molecule has 1 unspecified atom stereocenters. The highest BCUT2D eigenvalue weighted by molar-refractivity contribution is 5.89. The molecular formula is C20H28N2O3. The monoisotopic (exact) mass is 344 g/mol. The highest BCUT2D eigenvalue weighted by Crippen LogP contribution is 2.33. The van der Waals surface area contributed by atoms with E-state index in [0.29, 0.717) is 36.1 Å². The molecule has 2 rings (SSSR count). The van der Waals surface area contributed by atoms with E-state index in [9.17, 15) is 4.79 Å². The number of fused-ring (bicyclic) bond motifs is 1. The topological polar surface area (TPSA) is 77.3 Å². The molecule has 5 nitrogen and oxygen atoms in total. The first-order chi connectivity index (χ1) is 11.9. The van der Waals surface area contributed by atoms with Crippen molar-refractivity contribution in [1.29, 1.82) is 0 Å². The fourth-order valence-corrected chi connectivity index (χ4v) is 2.64. The van der Waals surface area contributed by atoms with Gasteiger partial charge in [0.05, 0.1) is 12.1 Å². The van der Waals surface area contributed by atoms with Gasteiger partial charge in [0.1, 0.15) is 6.61 Å². The number of aromatic amines is 1. The number of benzene rings is 1. The summed E-state index contributed by atoms with van der Waals surface area (Å²) in [6.07, 6.45) is 4.10. The van der Waals surface area contributed by atoms with Gasteiger partial charge in [0, 0.05) is 11.1 Å². The van der Waals surface area contributed by atoms with Crippen molar-refractivity contribution in [2.75, 3.05) is 18.9 Å². The normalized spacial score (nSPS) is 12.0. The molecule has 2 aromatic rings. The zero-order valence-electron chi connectivity index (χ0n) is 15.5. The van der Waals surface area contributed by atoms with Gasteiger partial charge in [0.15, 0.2) is 5.75 Å². The third kappa shape index (κ3) is 5.02. The second-order valence-corrected chi connectivity index (χ2v) is 6.71. The Morgan fingerprint density at radius 3 is 2.72 bits per heavy atom. The van der Waals surface area contributed by atoms with Gasteiger partial charge in [-0.05, 0) is 50.5 Å². The summed E-state index contributed by atoms with van der Waals surface area (Å²) in [6.45, 7) is 9.12. The van der Waals surface area contributed by atoms with Crippen LogP contribution in [0.2, 0.25) is 0 Å². The number of nitrogens with one attached hydrogen (secondary N) is 1. The second-order valence-electron chi connectivity index (χ2n) is 6.71. The first kappa shape index (κ1) is 18.9. The summed E-state index contributed by atoms with van der Waals surface area (Å²) in [6, 6.07) is 5.37. The summed E-state index contributed by atoms with van der Waals surface area (Å²) < 4.78 is 11.8. The lowest BCUT2D eigenvalue weighted by molar-refractivity contribution is 0.234. The smallest absolute Gasteiger partial charge is 0.294 e. The molecule has 0 bridgehead atoms. The lowest BCUT2D eigenvalue weighted by Gasteiger charge is -2.16. The van der Waals surface area contributed by atoms with Crippen LogP contribution in [0.4, 0.5) is 5.69 Å². The molecular weight excluding hydrogens is 316 g/mol. The molecule has 0 fully saturated rings. The summed E-state index contributed by atoms with van der Waals surface area (Å²) in [5, 5.41) is 0.786. The minimum Gasteiger partial charge on any atom is -0.485 e. The lowest BCUT2D eigenvalue weighted by atomic mass is 10.1. The molecule has 136 valence electrons. The first-order valence-electron chi connectivity index (χ1n) is 8.76. The zero-order valence-corrected chi connectivity index (χ0v) is 15.5. The molecule has 0 radical (unpaired) electrons. The van der Waals surface area contributed by atoms with Gasteiger partial charge < -0.3 is 20.2 Å². The zero-order chi connectivity index (χ0) is 18.4. The van der Waals surface area contributed by atoms with Crippen LogP contribution in [0.15, 0.2) is 34.6 Å². The molecule has 0 spiro atoms. The summed E-state index contributed by atoms with van der Waals surface area (Å²) >= 11 is 0. The second kappa shape index (κ2) is 8.60. The quantitative estimate of drug-likeness (QED) is 0.554. The van der Waals surface area contributed by atoms with Crippen molar-refractivity contribution in [3.63, 3.8) is 0 Å². The van der Waals surface area contributed by atoms with Gasteiger partial charge in [-0.3, -0.25) is 4.79 Å². The van der Waals surface area contributed by atoms with Crippen molar-refractivity contribution in [2.45, 2.75) is 40.5 Å². The van der Waals surface area contributed by atoms with Crippen LogP contribution in [0.3, 0.4) is 0 Å². The van der Waals surface area contributed by atoms with E-state index in [4.69, 9.17) is 15.2 Å². The number of hydrogen-bond acceptors (Lipinski definition) is 4. The Labute approximate surface area is 148 Å². The Hall–Kier alpha value is -2.43. The van der Waals surface area contributed by atoms with Gasteiger partial charge in [-0.15, -0.1) is 0 Å². The summed E-state index contributed by atoms with van der Waals surface area (Å²) in [7, 11) is 0. The van der Waals surface area contributed by atoms with E-state index < -0.39 is 0 Å². The number of pyridine rings is 1. The maximum Gasteiger partial charge on any atom is 0.294 e. The number of nitrogens with two attached hydrogens (primary N) is 1. The SMILES string of the molecule is CCCC(C)COc1c(OCC=C(C)C)c2ccc(N)cc2[nH]c1=O. The van der Waals surface area contributed by atoms with Crippen LogP contribution >= 0.6 is 0 Å². The first-order valence-corrected chi connectivity index (χ1v) is 8.76. The highest BCUT2D eigenvalue weighted by atomic mass is 16.5. The standard InChI is InChI=1S/C20H28N2O3/c1-5-6-14(4)12-25-19-18(24-10-9-13(2)3)16-8-7-15(21)11-17(16)22-20(19)23/h7-9,11,14H,5-6,10,12,21H2,1-4H3,(H,22,23). The molecule has 1 aromatic carbocycles. The Morgan fingerprint density at radius 1 is 1.28 bits per heavy atom. The molecule has 0 amide bonds. The molecule has 0 aliphatic carbocycles. The number of H-pyrrole nitrogens is 1. The molecule has 3 N–H and O–H groups in total. The molecule has 0 aliphatic rings. The number of rotatable bonds is 8. The van der Waals surface area contributed by atoms with Crippen LogP contribution in [-0.4, -0.2) is 18.2 Å². The van der Waals surface area contributed by atoms with E-state index in [-0.39, 0.29) is 11.3 Å². The predicted octanol–water partition coefficient (Wildman–Crippen LogP) is 4.27. The van der Waals surface area contributed by atoms with Gasteiger partial charge >= 0.3 is 0 Å². The van der Waals surface area contributed by atoms with Gasteiger partial charge in [-0.25, -0.2) is 0 Å². The number of allylic oxidation sites excluding steroid dienone is 1. The number of hydrogen-bond donors (Lipinski definition) is 2. The Kier molecular flexibility index (Phi) is 6.51. The van der Waals surface area contributed by atoms with E-state index >= 15 is 0 Å². The molecule has 0 aliphatic heterocycles. The van der Waals surface area contributed by atoms with Crippen molar-refractivity contribution < 1.29 is 9.47 Å². The Morgan fingerprint density at radius 2 is 2.04 bits per heavy atom. The largest absolute Gasteiger partial charge is 0.485 e. The van der Waals surface area contributed by atoms with Crippen molar-refractivity contribution >= 4 is 16.6 Å². The number of anilines is 1. The average Bonchev–Trinajstić information content (AvgIpc) is 2.53. The molecule has 25 heavy (non-hydrogen) atoms. The van der Waals surface area contributed by atoms with E-state index in [0.717, 1.165) is 23.8 Å². The van der Waals surface area contributed by atoms with Gasteiger partial charge in [-0.2, -0.15) is 0 Å². The lowest BCUT2D eigenvalue weighted by Crippen LogP contribution is -2.17. The maximum atomic E-state index is 12.5. The van der Waals surface area contributed by atoms with E-state index in [1.54, 1.807) is 12.1 Å². The third-order valence-electron chi connectivity index (χ3n) is 3.96. The third-order valence-corrected chi connectivity index (χ3v) is 3.96. The summed E-state index contributed by atoms with van der Waals surface area (Å²) in [5.74, 6) is 1.08. The fraction of sp³-hybridized carbons (Fsp3) is 0.450. The van der Waals surface area contributed by atoms with Crippen molar-refractivity contribution in [3.05, 3.63) is 40.2 Å². The summed E-state index contributed by atoms with van der Waals surface area (Å²) in [4.78, 5) is 15.4. The molecule has 0 saturated carbocycles. The van der Waals surface area contributed by atoms with Crippen LogP contribution in [0.1, 0.15) is 40.5 Å².